The van der Waals surface area contributed by atoms with Gasteiger partial charge in [-0.3, -0.25) is 19.2 Å². The number of carbonyl (C=O) groups excluding carboxylic acids is 4. The van der Waals surface area contributed by atoms with Crippen molar-refractivity contribution < 1.29 is 38.5 Å². The molecule has 55 heavy (non-hydrogen) atoms. The number of hydrogen-bond acceptors (Lipinski definition) is 10. The molecule has 8 rings (SSSR count). The summed E-state index contributed by atoms with van der Waals surface area (Å²) in [6.07, 6.45) is -0.571. The topological polar surface area (TPSA) is 208 Å². The molecule has 1 unspecified atom stereocenters. The molecule has 7 N–H and O–H groups in total. The van der Waals surface area contributed by atoms with Crippen molar-refractivity contribution in [2.24, 2.45) is 11.8 Å². The lowest BCUT2D eigenvalue weighted by Gasteiger charge is -2.29. The number of amides is 3. The number of fused-ring (bicyclic) bond motifs is 5. The standard InChI is InChI=1S/C40H39BrN6O8/c1-17(2)29-38-46-32(36(52)43-16-27(49)21-15-42-30-20(21)7-5-10-26(30)48)34(55-38)40-22-8-6-9-24(41)31(22)47-39(40)54-28-12-11-19(13-23(28)40)14-25(35(51)45-29)44-37(53)33(50)18(3)4/h5-13,15,17-18,25,29,33,39,42,47-48,50H,14,16H2,1-4H3,(H,43,52)(H,44,53)(H,45,51)/t25-,29-,33-,39?,40-/m0/s1. The normalized spacial score (nSPS) is 21.5. The summed E-state index contributed by atoms with van der Waals surface area (Å²) >= 11 is 3.67. The molecule has 0 aliphatic carbocycles. The Morgan fingerprint density at radius 3 is 2.60 bits per heavy atom. The number of nitrogens with zero attached hydrogens (tertiary/aromatic N) is 1. The molecule has 3 aliphatic rings. The van der Waals surface area contributed by atoms with Gasteiger partial charge in [-0.2, -0.15) is 0 Å². The van der Waals surface area contributed by atoms with E-state index in [4.69, 9.17) is 14.1 Å². The van der Waals surface area contributed by atoms with Gasteiger partial charge >= 0.3 is 0 Å². The predicted molar refractivity (Wildman–Crippen MR) is 204 cm³/mol. The van der Waals surface area contributed by atoms with Crippen LogP contribution in [0.1, 0.15) is 82.9 Å². The van der Waals surface area contributed by atoms with E-state index in [9.17, 15) is 29.4 Å². The molecule has 0 fully saturated rings. The first-order valence-corrected chi connectivity index (χ1v) is 18.8. The maximum atomic E-state index is 14.4. The number of anilines is 1. The predicted octanol–water partition coefficient (Wildman–Crippen LogP) is 4.59. The van der Waals surface area contributed by atoms with Gasteiger partial charge < -0.3 is 45.6 Å². The number of carbonyl (C=O) groups is 4. The number of benzene rings is 3. The van der Waals surface area contributed by atoms with Crippen molar-refractivity contribution in [2.45, 2.75) is 63.9 Å². The Morgan fingerprint density at radius 2 is 1.84 bits per heavy atom. The number of para-hydroxylation sites is 2. The average molecular weight is 812 g/mol. The van der Waals surface area contributed by atoms with Gasteiger partial charge in [-0.15, -0.1) is 0 Å². The molecule has 2 aromatic heterocycles. The number of aliphatic hydroxyl groups excluding tert-OH is 1. The van der Waals surface area contributed by atoms with Gasteiger partial charge in [-0.25, -0.2) is 4.98 Å². The highest BCUT2D eigenvalue weighted by Crippen LogP contribution is 2.59. The van der Waals surface area contributed by atoms with Gasteiger partial charge in [0.15, 0.2) is 23.5 Å². The Balaban J connectivity index is 1.27. The number of hydrogen-bond donors (Lipinski definition) is 7. The van der Waals surface area contributed by atoms with Crippen molar-refractivity contribution in [1.29, 1.82) is 0 Å². The van der Waals surface area contributed by atoms with Crippen molar-refractivity contribution in [3.63, 3.8) is 0 Å². The average Bonchev–Trinajstić information content (AvgIpc) is 3.92. The molecular formula is C40H39BrN6O8. The molecule has 1 spiro atoms. The molecule has 5 aromatic rings. The van der Waals surface area contributed by atoms with Crippen LogP contribution in [0, 0.1) is 11.8 Å². The number of aliphatic hydroxyl groups is 1. The summed E-state index contributed by atoms with van der Waals surface area (Å²) < 4.78 is 14.1. The van der Waals surface area contributed by atoms with Crippen molar-refractivity contribution in [3.05, 3.63) is 105 Å². The summed E-state index contributed by atoms with van der Waals surface area (Å²) in [5.41, 5.74) is 2.08. The van der Waals surface area contributed by atoms with Crippen LogP contribution in [0.3, 0.4) is 0 Å². The molecule has 0 radical (unpaired) electrons. The minimum Gasteiger partial charge on any atom is -0.506 e. The number of phenolic OH excluding ortho intramolecular Hbond substituents is 1. The van der Waals surface area contributed by atoms with Crippen LogP contribution in [-0.4, -0.2) is 68.6 Å². The van der Waals surface area contributed by atoms with Gasteiger partial charge in [0.1, 0.15) is 35.1 Å². The lowest BCUT2D eigenvalue weighted by atomic mass is 9.72. The lowest BCUT2D eigenvalue weighted by molar-refractivity contribution is -0.135. The second-order valence-corrected chi connectivity index (χ2v) is 15.7. The SMILES string of the molecule is CC(C)[C@H](O)C(=O)N[C@H]1Cc2ccc3c(c2)[C@@]2(c4cccc(Br)c4NC2O3)c2oc(nc2C(=O)NCC(=O)c2c[nH]c3c(O)cccc23)[C@H](C(C)C)NC1=O. The molecule has 3 aromatic carbocycles. The first kappa shape index (κ1) is 36.3. The van der Waals surface area contributed by atoms with Crippen LogP contribution in [-0.2, 0) is 21.4 Å². The van der Waals surface area contributed by atoms with Gasteiger partial charge in [0.2, 0.25) is 17.7 Å². The number of aromatic hydroxyl groups is 1. The maximum Gasteiger partial charge on any atom is 0.273 e. The number of halogens is 1. The number of nitrogens with one attached hydrogen (secondary N) is 5. The van der Waals surface area contributed by atoms with Gasteiger partial charge in [-0.05, 0) is 51.5 Å². The third-order valence-corrected chi connectivity index (χ3v) is 11.3. The first-order valence-electron chi connectivity index (χ1n) is 18.1. The van der Waals surface area contributed by atoms with E-state index in [1.807, 2.05) is 44.2 Å². The van der Waals surface area contributed by atoms with Gasteiger partial charge in [0.05, 0.1) is 17.7 Å². The highest BCUT2D eigenvalue weighted by Gasteiger charge is 2.61. The van der Waals surface area contributed by atoms with Crippen LogP contribution in [0.2, 0.25) is 0 Å². The quantitative estimate of drug-likeness (QED) is 0.109. The van der Waals surface area contributed by atoms with Crippen molar-refractivity contribution >= 4 is 56.0 Å². The van der Waals surface area contributed by atoms with Gasteiger partial charge in [-0.1, -0.05) is 64.1 Å². The van der Waals surface area contributed by atoms with Gasteiger partial charge in [0, 0.05) is 39.2 Å². The Kier molecular flexibility index (Phi) is 8.96. The Bertz CT molecular complexity index is 2400. The van der Waals surface area contributed by atoms with E-state index in [2.05, 4.69) is 42.2 Å². The highest BCUT2D eigenvalue weighted by atomic mass is 79.9. The number of ether oxygens (including phenoxy) is 1. The Morgan fingerprint density at radius 1 is 1.05 bits per heavy atom. The van der Waals surface area contributed by atoms with Crippen LogP contribution in [0.25, 0.3) is 10.9 Å². The number of aromatic nitrogens is 2. The zero-order valence-corrected chi connectivity index (χ0v) is 31.9. The molecule has 3 aliphatic heterocycles. The first-order chi connectivity index (χ1) is 26.3. The fraction of sp³-hybridized carbons (Fsp3) is 0.325. The van der Waals surface area contributed by atoms with Crippen LogP contribution < -0.4 is 26.0 Å². The second-order valence-electron chi connectivity index (χ2n) is 14.9. The van der Waals surface area contributed by atoms with E-state index in [-0.39, 0.29) is 41.4 Å². The largest absolute Gasteiger partial charge is 0.506 e. The van der Waals surface area contributed by atoms with E-state index in [0.717, 1.165) is 15.7 Å². The number of phenols is 1. The summed E-state index contributed by atoms with van der Waals surface area (Å²) in [5.74, 6) is -2.33. The fourth-order valence-electron chi connectivity index (χ4n) is 7.76. The fourth-order valence-corrected chi connectivity index (χ4v) is 8.24. The molecule has 0 saturated carbocycles. The van der Waals surface area contributed by atoms with E-state index in [1.54, 1.807) is 32.0 Å². The monoisotopic (exact) mass is 810 g/mol. The molecule has 4 bridgehead atoms. The third kappa shape index (κ3) is 5.84. The molecule has 284 valence electrons. The highest BCUT2D eigenvalue weighted by molar-refractivity contribution is 9.10. The molecule has 5 heterocycles. The van der Waals surface area contributed by atoms with Crippen molar-refractivity contribution in [3.8, 4) is 11.5 Å². The van der Waals surface area contributed by atoms with Crippen LogP contribution >= 0.6 is 15.9 Å². The third-order valence-electron chi connectivity index (χ3n) is 10.6. The van der Waals surface area contributed by atoms with Crippen molar-refractivity contribution in [2.75, 3.05) is 11.9 Å². The van der Waals surface area contributed by atoms with Gasteiger partial charge in [0.25, 0.3) is 5.91 Å². The zero-order valence-electron chi connectivity index (χ0n) is 30.3. The smallest absolute Gasteiger partial charge is 0.273 e. The summed E-state index contributed by atoms with van der Waals surface area (Å²) in [4.78, 5) is 62.9. The lowest BCUT2D eigenvalue weighted by Crippen LogP contribution is -2.52. The zero-order chi connectivity index (χ0) is 38.9. The maximum absolute atomic E-state index is 14.4. The Hall–Kier alpha value is -5.67. The van der Waals surface area contributed by atoms with Crippen molar-refractivity contribution in [1.82, 2.24) is 25.9 Å². The van der Waals surface area contributed by atoms with E-state index in [0.29, 0.717) is 33.3 Å². The number of ketones is 1. The summed E-state index contributed by atoms with van der Waals surface area (Å²) in [6.45, 7) is 6.74. The van der Waals surface area contributed by atoms with E-state index < -0.39 is 59.9 Å². The van der Waals surface area contributed by atoms with Crippen LogP contribution in [0.15, 0.2) is 69.7 Å². The number of rotatable bonds is 8. The summed E-state index contributed by atoms with van der Waals surface area (Å²) in [7, 11) is 0. The minimum atomic E-state index is -1.34. The molecule has 3 amide bonds. The van der Waals surface area contributed by atoms with Crippen LogP contribution in [0.5, 0.6) is 11.5 Å². The molecule has 0 saturated heterocycles. The number of aromatic amines is 1. The second kappa shape index (κ2) is 13.6. The molecule has 14 nitrogen and oxygen atoms in total. The van der Waals surface area contributed by atoms with E-state index in [1.165, 1.54) is 12.3 Å². The summed E-state index contributed by atoms with van der Waals surface area (Å²) in [5, 5.41) is 33.3. The number of Topliss-reactive ketones (excluding diaryl/α,β-unsaturated/α-hetero) is 1. The molecule has 5 atom stereocenters. The van der Waals surface area contributed by atoms with E-state index >= 15 is 0 Å². The number of oxazole rings is 1. The molecule has 15 heteroatoms. The summed E-state index contributed by atoms with van der Waals surface area (Å²) in [6, 6.07) is 14.0. The number of H-pyrrole nitrogens is 1. The Labute approximate surface area is 323 Å². The van der Waals surface area contributed by atoms with Crippen LogP contribution in [0.4, 0.5) is 5.69 Å². The minimum absolute atomic E-state index is 0.00826. The molecular weight excluding hydrogens is 772 g/mol.